The highest BCUT2D eigenvalue weighted by atomic mass is 19.1. The molecule has 0 amide bonds. The van der Waals surface area contributed by atoms with Crippen LogP contribution in [0.1, 0.15) is 12.1 Å². The van der Waals surface area contributed by atoms with E-state index in [1.165, 1.54) is 6.07 Å². The van der Waals surface area contributed by atoms with Crippen molar-refractivity contribution in [2.75, 3.05) is 24.5 Å². The van der Waals surface area contributed by atoms with Crippen LogP contribution < -0.4 is 10.6 Å². The van der Waals surface area contributed by atoms with Crippen molar-refractivity contribution in [3.05, 3.63) is 66.6 Å². The lowest BCUT2D eigenvalue weighted by molar-refractivity contribution is 0.517. The Bertz CT molecular complexity index is 1540. The lowest BCUT2D eigenvalue weighted by atomic mass is 9.95. The van der Waals surface area contributed by atoms with Crippen LogP contribution >= 0.6 is 0 Å². The third-order valence-corrected chi connectivity index (χ3v) is 7.64. The van der Waals surface area contributed by atoms with E-state index in [0.29, 0.717) is 29.3 Å². The van der Waals surface area contributed by atoms with E-state index in [1.54, 1.807) is 24.7 Å². The number of H-pyrrole nitrogens is 1. The van der Waals surface area contributed by atoms with Gasteiger partial charge in [0.05, 0.1) is 23.6 Å². The Morgan fingerprint density at radius 1 is 1.15 bits per heavy atom. The molecule has 3 N–H and O–H groups in total. The molecule has 2 aliphatic rings. The van der Waals surface area contributed by atoms with Gasteiger partial charge in [-0.3, -0.25) is 10.1 Å². The Labute approximate surface area is 193 Å². The van der Waals surface area contributed by atoms with Gasteiger partial charge in [0, 0.05) is 43.0 Å². The zero-order valence-electron chi connectivity index (χ0n) is 18.3. The number of hydrogen-bond donors (Lipinski definition) is 2. The molecule has 10 heteroatoms. The number of pyridine rings is 2. The van der Waals surface area contributed by atoms with Crippen LogP contribution in [0.2, 0.25) is 0 Å². The minimum absolute atomic E-state index is 0.241. The molecule has 1 aliphatic heterocycles. The lowest BCUT2D eigenvalue weighted by Gasteiger charge is -2.26. The molecule has 1 saturated carbocycles. The molecule has 1 saturated heterocycles. The number of rotatable bonds is 4. The maximum absolute atomic E-state index is 14.6. The SMILES string of the molecule is NC[C@]1(c2ncccc2F)[C@@H]2CCN(c3cnc4c(-c5cccn6nccc56)n[nH]c4n3)C[C@@H]21. The second-order valence-corrected chi connectivity index (χ2v) is 9.11. The molecule has 5 aromatic rings. The predicted molar refractivity (Wildman–Crippen MR) is 125 cm³/mol. The van der Waals surface area contributed by atoms with E-state index in [4.69, 9.17) is 15.7 Å². The van der Waals surface area contributed by atoms with Crippen molar-refractivity contribution in [3.63, 3.8) is 0 Å². The summed E-state index contributed by atoms with van der Waals surface area (Å²) in [5, 5.41) is 11.9. The number of aromatic nitrogens is 7. The van der Waals surface area contributed by atoms with Gasteiger partial charge in [-0.1, -0.05) is 0 Å². The number of fused-ring (bicyclic) bond motifs is 3. The summed E-state index contributed by atoms with van der Waals surface area (Å²) in [5.41, 5.74) is 10.3. The van der Waals surface area contributed by atoms with E-state index >= 15 is 0 Å². The maximum atomic E-state index is 14.6. The number of halogens is 1. The number of anilines is 1. The van der Waals surface area contributed by atoms with Crippen LogP contribution in [0.25, 0.3) is 27.9 Å². The highest BCUT2D eigenvalue weighted by Gasteiger charge is 2.67. The van der Waals surface area contributed by atoms with Gasteiger partial charge in [-0.2, -0.15) is 10.2 Å². The average Bonchev–Trinajstić information content (AvgIpc) is 3.18. The minimum Gasteiger partial charge on any atom is -0.355 e. The second-order valence-electron chi connectivity index (χ2n) is 9.11. The van der Waals surface area contributed by atoms with Crippen LogP contribution in [0.5, 0.6) is 0 Å². The summed E-state index contributed by atoms with van der Waals surface area (Å²) in [5.74, 6) is 1.09. The first kappa shape index (κ1) is 19.5. The molecule has 6 heterocycles. The fourth-order valence-electron chi connectivity index (χ4n) is 5.95. The fraction of sp³-hybridized carbons (Fsp3) is 0.292. The van der Waals surface area contributed by atoms with E-state index in [1.807, 2.05) is 28.9 Å². The van der Waals surface area contributed by atoms with Gasteiger partial charge in [0.15, 0.2) is 5.65 Å². The van der Waals surface area contributed by atoms with Gasteiger partial charge < -0.3 is 10.6 Å². The van der Waals surface area contributed by atoms with Crippen molar-refractivity contribution in [1.82, 2.24) is 34.8 Å². The monoisotopic (exact) mass is 455 g/mol. The first-order chi connectivity index (χ1) is 16.7. The summed E-state index contributed by atoms with van der Waals surface area (Å²) in [4.78, 5) is 16.1. The maximum Gasteiger partial charge on any atom is 0.177 e. The molecule has 34 heavy (non-hydrogen) atoms. The summed E-state index contributed by atoms with van der Waals surface area (Å²) in [6.45, 7) is 1.95. The van der Waals surface area contributed by atoms with Crippen molar-refractivity contribution in [2.24, 2.45) is 17.6 Å². The summed E-state index contributed by atoms with van der Waals surface area (Å²) in [7, 11) is 0. The van der Waals surface area contributed by atoms with E-state index in [2.05, 4.69) is 25.2 Å². The molecule has 0 aromatic carbocycles. The molecule has 170 valence electrons. The molecule has 9 nitrogen and oxygen atoms in total. The molecule has 1 aliphatic carbocycles. The van der Waals surface area contributed by atoms with Gasteiger partial charge in [0.1, 0.15) is 22.8 Å². The van der Waals surface area contributed by atoms with Crippen LogP contribution in [0.4, 0.5) is 10.2 Å². The normalized spacial score (nSPS) is 24.0. The van der Waals surface area contributed by atoms with Gasteiger partial charge in [0.2, 0.25) is 0 Å². The molecule has 0 spiro atoms. The van der Waals surface area contributed by atoms with Crippen LogP contribution in [-0.4, -0.2) is 54.4 Å². The summed E-state index contributed by atoms with van der Waals surface area (Å²) in [6.07, 6.45) is 8.02. The van der Waals surface area contributed by atoms with E-state index in [-0.39, 0.29) is 11.7 Å². The number of nitrogens with zero attached hydrogens (tertiary/aromatic N) is 7. The summed E-state index contributed by atoms with van der Waals surface area (Å²) < 4.78 is 16.4. The van der Waals surface area contributed by atoms with E-state index < -0.39 is 5.41 Å². The number of aromatic amines is 1. The van der Waals surface area contributed by atoms with Crippen molar-refractivity contribution < 1.29 is 4.39 Å². The lowest BCUT2D eigenvalue weighted by Crippen LogP contribution is -2.33. The largest absolute Gasteiger partial charge is 0.355 e. The van der Waals surface area contributed by atoms with Gasteiger partial charge in [-0.15, -0.1) is 0 Å². The van der Waals surface area contributed by atoms with E-state index in [0.717, 1.165) is 42.1 Å². The highest BCUT2D eigenvalue weighted by molar-refractivity contribution is 5.93. The molecule has 2 fully saturated rings. The first-order valence-electron chi connectivity index (χ1n) is 11.4. The fourth-order valence-corrected chi connectivity index (χ4v) is 5.95. The summed E-state index contributed by atoms with van der Waals surface area (Å²) in [6, 6.07) is 8.99. The molecule has 7 rings (SSSR count). The Morgan fingerprint density at radius 2 is 2.09 bits per heavy atom. The van der Waals surface area contributed by atoms with Gasteiger partial charge >= 0.3 is 0 Å². The average molecular weight is 456 g/mol. The standard InChI is InChI=1S/C24H22FN9/c25-17-4-1-7-27-22(17)24(13-26)15-6-10-33(12-16(15)24)19-11-28-21-20(31-32-23(21)30-19)14-3-2-9-34-18(14)5-8-29-34/h1-5,7-9,11,15-16H,6,10,12-13,26H2,(H,30,31,32)/t15-,16+,24+/m1/s1. The molecular weight excluding hydrogens is 433 g/mol. The van der Waals surface area contributed by atoms with Crippen molar-refractivity contribution >= 4 is 22.5 Å². The smallest absolute Gasteiger partial charge is 0.177 e. The predicted octanol–water partition coefficient (Wildman–Crippen LogP) is 2.55. The Kier molecular flexibility index (Phi) is 4.04. The Balaban J connectivity index is 1.20. The van der Waals surface area contributed by atoms with Gasteiger partial charge in [-0.25, -0.2) is 18.9 Å². The molecule has 5 aromatic heterocycles. The van der Waals surface area contributed by atoms with Crippen molar-refractivity contribution in [3.8, 4) is 11.3 Å². The third-order valence-electron chi connectivity index (χ3n) is 7.64. The molecular formula is C24H22FN9. The molecule has 0 radical (unpaired) electrons. The zero-order chi connectivity index (χ0) is 22.9. The number of hydrogen-bond acceptors (Lipinski definition) is 7. The van der Waals surface area contributed by atoms with Crippen LogP contribution in [-0.2, 0) is 5.41 Å². The Morgan fingerprint density at radius 3 is 2.97 bits per heavy atom. The minimum atomic E-state index is -0.400. The Hall–Kier alpha value is -3.92. The molecule has 3 atom stereocenters. The number of nitrogens with two attached hydrogens (primary N) is 1. The second kappa shape index (κ2) is 7.04. The van der Waals surface area contributed by atoms with Crippen LogP contribution in [0, 0.1) is 17.7 Å². The molecule has 0 bridgehead atoms. The number of nitrogens with one attached hydrogen (secondary N) is 1. The van der Waals surface area contributed by atoms with Crippen LogP contribution in [0.3, 0.4) is 0 Å². The zero-order valence-corrected chi connectivity index (χ0v) is 18.3. The quantitative estimate of drug-likeness (QED) is 0.428. The van der Waals surface area contributed by atoms with Crippen molar-refractivity contribution in [1.29, 1.82) is 0 Å². The third kappa shape index (κ3) is 2.59. The van der Waals surface area contributed by atoms with Gasteiger partial charge in [0.25, 0.3) is 0 Å². The van der Waals surface area contributed by atoms with Crippen LogP contribution in [0.15, 0.2) is 55.1 Å². The van der Waals surface area contributed by atoms with E-state index in [9.17, 15) is 4.39 Å². The van der Waals surface area contributed by atoms with Crippen molar-refractivity contribution in [2.45, 2.75) is 11.8 Å². The number of piperidine rings is 1. The summed E-state index contributed by atoms with van der Waals surface area (Å²) >= 11 is 0. The molecule has 0 unspecified atom stereocenters. The van der Waals surface area contributed by atoms with Gasteiger partial charge in [-0.05, 0) is 48.6 Å². The topological polar surface area (TPSA) is 114 Å². The first-order valence-corrected chi connectivity index (χ1v) is 11.4. The highest BCUT2D eigenvalue weighted by Crippen LogP contribution is 2.63.